The van der Waals surface area contributed by atoms with Crippen LogP contribution in [0.15, 0.2) is 41.8 Å². The van der Waals surface area contributed by atoms with Crippen LogP contribution in [0.4, 0.5) is 5.69 Å². The maximum atomic E-state index is 12.2. The van der Waals surface area contributed by atoms with Crippen LogP contribution in [0.3, 0.4) is 0 Å². The summed E-state index contributed by atoms with van der Waals surface area (Å²) in [4.78, 5) is 20.4. The number of aryl methyl sites for hydroxylation is 2. The maximum absolute atomic E-state index is 12.2. The van der Waals surface area contributed by atoms with Gasteiger partial charge in [0.05, 0.1) is 5.25 Å². The van der Waals surface area contributed by atoms with Crippen LogP contribution in [0, 0.1) is 13.8 Å². The van der Waals surface area contributed by atoms with Gasteiger partial charge in [-0.05, 0) is 50.1 Å². The number of nitrogens with one attached hydrogen (secondary N) is 1. The third kappa shape index (κ3) is 4.06. The van der Waals surface area contributed by atoms with E-state index in [-0.39, 0.29) is 11.2 Å². The van der Waals surface area contributed by atoms with Gasteiger partial charge in [-0.2, -0.15) is 0 Å². The predicted molar refractivity (Wildman–Crippen MR) is 81.9 cm³/mol. The molecule has 5 heteroatoms. The van der Waals surface area contributed by atoms with E-state index in [4.69, 9.17) is 0 Å². The molecule has 4 nitrogen and oxygen atoms in total. The number of hydrogen-bond donors (Lipinski definition) is 1. The Labute approximate surface area is 123 Å². The first-order chi connectivity index (χ1) is 9.54. The van der Waals surface area contributed by atoms with Gasteiger partial charge in [0.2, 0.25) is 5.91 Å². The molecule has 0 saturated heterocycles. The van der Waals surface area contributed by atoms with Crippen LogP contribution in [-0.4, -0.2) is 21.1 Å². The van der Waals surface area contributed by atoms with E-state index in [1.165, 1.54) is 11.8 Å². The third-order valence-corrected chi connectivity index (χ3v) is 3.67. The van der Waals surface area contributed by atoms with Gasteiger partial charge in [0.25, 0.3) is 0 Å². The molecule has 0 bridgehead atoms. The van der Waals surface area contributed by atoms with E-state index in [1.54, 1.807) is 18.5 Å². The molecule has 0 fully saturated rings. The lowest BCUT2D eigenvalue weighted by Gasteiger charge is -2.12. The summed E-state index contributed by atoms with van der Waals surface area (Å²) in [6.45, 7) is 5.87. The van der Waals surface area contributed by atoms with Crippen molar-refractivity contribution in [3.63, 3.8) is 0 Å². The van der Waals surface area contributed by atoms with Crippen LogP contribution >= 0.6 is 11.8 Å². The molecule has 2 aromatic rings. The third-order valence-electron chi connectivity index (χ3n) is 2.68. The lowest BCUT2D eigenvalue weighted by molar-refractivity contribution is -0.115. The van der Waals surface area contributed by atoms with Crippen molar-refractivity contribution in [2.24, 2.45) is 0 Å². The topological polar surface area (TPSA) is 54.9 Å². The number of hydrogen-bond acceptors (Lipinski definition) is 4. The number of aromatic nitrogens is 2. The van der Waals surface area contributed by atoms with E-state index in [9.17, 15) is 4.79 Å². The minimum absolute atomic E-state index is 0.0487. The zero-order valence-corrected chi connectivity index (χ0v) is 12.6. The first-order valence-electron chi connectivity index (χ1n) is 6.37. The van der Waals surface area contributed by atoms with Gasteiger partial charge in [-0.3, -0.25) is 4.79 Å². The molecule has 0 saturated carbocycles. The fraction of sp³-hybridized carbons (Fsp3) is 0.267. The van der Waals surface area contributed by atoms with Crippen molar-refractivity contribution < 1.29 is 4.79 Å². The minimum Gasteiger partial charge on any atom is -0.325 e. The highest BCUT2D eigenvalue weighted by Gasteiger charge is 2.16. The summed E-state index contributed by atoms with van der Waals surface area (Å²) in [7, 11) is 0. The van der Waals surface area contributed by atoms with Gasteiger partial charge in [-0.25, -0.2) is 9.97 Å². The normalized spacial score (nSPS) is 11.9. The fourth-order valence-corrected chi connectivity index (χ4v) is 2.57. The Balaban J connectivity index is 2.00. The number of nitrogens with zero attached hydrogens (tertiary/aromatic N) is 2. The van der Waals surface area contributed by atoms with Gasteiger partial charge in [0.1, 0.15) is 0 Å². The Hall–Kier alpha value is -1.88. The van der Waals surface area contributed by atoms with Crippen LogP contribution in [0.2, 0.25) is 0 Å². The Kier molecular flexibility index (Phi) is 4.74. The predicted octanol–water partition coefficient (Wildman–Crippen LogP) is 3.21. The number of carbonyl (C=O) groups excluding carboxylic acids is 1. The Morgan fingerprint density at radius 3 is 2.35 bits per heavy atom. The smallest absolute Gasteiger partial charge is 0.237 e. The van der Waals surface area contributed by atoms with Crippen molar-refractivity contribution in [2.75, 3.05) is 5.32 Å². The number of anilines is 1. The zero-order chi connectivity index (χ0) is 14.5. The summed E-state index contributed by atoms with van der Waals surface area (Å²) < 4.78 is 0. The number of carbonyl (C=O) groups is 1. The molecule has 1 unspecified atom stereocenters. The molecule has 1 N–H and O–H groups in total. The fourth-order valence-electron chi connectivity index (χ4n) is 1.85. The standard InChI is InChI=1S/C15H17N3OS/c1-10-7-11(2)9-13(8-10)18-14(19)12(3)20-15-16-5-4-6-17-15/h4-9,12H,1-3H3,(H,18,19). The largest absolute Gasteiger partial charge is 0.325 e. The molecule has 1 atom stereocenters. The zero-order valence-electron chi connectivity index (χ0n) is 11.8. The van der Waals surface area contributed by atoms with Gasteiger partial charge in [0, 0.05) is 18.1 Å². The summed E-state index contributed by atoms with van der Waals surface area (Å²) in [5.74, 6) is -0.0487. The lowest BCUT2D eigenvalue weighted by Crippen LogP contribution is -2.22. The van der Waals surface area contributed by atoms with Gasteiger partial charge in [0.15, 0.2) is 5.16 Å². The molecule has 1 amide bonds. The number of amides is 1. The summed E-state index contributed by atoms with van der Waals surface area (Å²) >= 11 is 1.35. The first kappa shape index (κ1) is 14.5. The highest BCUT2D eigenvalue weighted by molar-refractivity contribution is 8.00. The second-order valence-electron chi connectivity index (χ2n) is 4.66. The quantitative estimate of drug-likeness (QED) is 0.693. The molecule has 20 heavy (non-hydrogen) atoms. The Bertz CT molecular complexity index is 581. The molecule has 1 heterocycles. The van der Waals surface area contributed by atoms with Crippen molar-refractivity contribution in [1.82, 2.24) is 9.97 Å². The van der Waals surface area contributed by atoms with Crippen LogP contribution in [-0.2, 0) is 4.79 Å². The highest BCUT2D eigenvalue weighted by atomic mass is 32.2. The van der Waals surface area contributed by atoms with Crippen molar-refractivity contribution in [1.29, 1.82) is 0 Å². The van der Waals surface area contributed by atoms with Crippen molar-refractivity contribution >= 4 is 23.4 Å². The summed E-state index contributed by atoms with van der Waals surface area (Å²) in [6, 6.07) is 7.75. The molecule has 0 aliphatic carbocycles. The molecule has 2 rings (SSSR count). The molecule has 0 radical (unpaired) electrons. The monoisotopic (exact) mass is 287 g/mol. The molecule has 1 aromatic carbocycles. The molecule has 0 aliphatic rings. The summed E-state index contributed by atoms with van der Waals surface area (Å²) in [6.07, 6.45) is 3.34. The molecule has 104 valence electrons. The maximum Gasteiger partial charge on any atom is 0.237 e. The van der Waals surface area contributed by atoms with E-state index in [0.29, 0.717) is 5.16 Å². The summed E-state index contributed by atoms with van der Waals surface area (Å²) in [5, 5.41) is 3.28. The molecule has 0 spiro atoms. The van der Waals surface area contributed by atoms with Crippen LogP contribution in [0.1, 0.15) is 18.1 Å². The number of rotatable bonds is 4. The van der Waals surface area contributed by atoms with E-state index in [0.717, 1.165) is 16.8 Å². The molecule has 0 aliphatic heterocycles. The van der Waals surface area contributed by atoms with Crippen LogP contribution in [0.5, 0.6) is 0 Å². The van der Waals surface area contributed by atoms with Gasteiger partial charge in [-0.1, -0.05) is 17.8 Å². The molecular weight excluding hydrogens is 270 g/mol. The average molecular weight is 287 g/mol. The second kappa shape index (κ2) is 6.52. The minimum atomic E-state index is -0.252. The van der Waals surface area contributed by atoms with Crippen molar-refractivity contribution in [3.8, 4) is 0 Å². The highest BCUT2D eigenvalue weighted by Crippen LogP contribution is 2.20. The van der Waals surface area contributed by atoms with Crippen molar-refractivity contribution in [3.05, 3.63) is 47.8 Å². The van der Waals surface area contributed by atoms with Crippen LogP contribution in [0.25, 0.3) is 0 Å². The molecule has 1 aromatic heterocycles. The Morgan fingerprint density at radius 1 is 1.15 bits per heavy atom. The summed E-state index contributed by atoms with van der Waals surface area (Å²) in [5.41, 5.74) is 3.09. The van der Waals surface area contributed by atoms with Gasteiger partial charge < -0.3 is 5.32 Å². The first-order valence-corrected chi connectivity index (χ1v) is 7.25. The van der Waals surface area contributed by atoms with E-state index < -0.39 is 0 Å². The second-order valence-corrected chi connectivity index (χ2v) is 5.97. The van der Waals surface area contributed by atoms with Crippen LogP contribution < -0.4 is 5.32 Å². The van der Waals surface area contributed by atoms with Crippen molar-refractivity contribution in [2.45, 2.75) is 31.2 Å². The van der Waals surface area contributed by atoms with Gasteiger partial charge >= 0.3 is 0 Å². The lowest BCUT2D eigenvalue weighted by atomic mass is 10.1. The number of thioether (sulfide) groups is 1. The number of benzene rings is 1. The molecular formula is C15H17N3OS. The van der Waals surface area contributed by atoms with Gasteiger partial charge in [-0.15, -0.1) is 0 Å². The SMILES string of the molecule is Cc1cc(C)cc(NC(=O)C(C)Sc2ncccn2)c1. The Morgan fingerprint density at radius 2 is 1.75 bits per heavy atom. The van der Waals surface area contributed by atoms with E-state index >= 15 is 0 Å². The average Bonchev–Trinajstić information content (AvgIpc) is 2.38. The van der Waals surface area contributed by atoms with E-state index in [1.807, 2.05) is 32.9 Å². The van der Waals surface area contributed by atoms with E-state index in [2.05, 4.69) is 21.4 Å².